The van der Waals surface area contributed by atoms with Crippen LogP contribution in [0.3, 0.4) is 0 Å². The van der Waals surface area contributed by atoms with E-state index >= 15 is 0 Å². The Kier molecular flexibility index (Phi) is 2.62. The molecule has 1 aliphatic rings. The lowest BCUT2D eigenvalue weighted by Gasteiger charge is -2.14. The minimum Gasteiger partial charge on any atom is -0.467 e. The minimum absolute atomic E-state index is 0.326. The number of ether oxygens (including phenoxy) is 1. The van der Waals surface area contributed by atoms with Gasteiger partial charge >= 0.3 is 5.97 Å². The van der Waals surface area contributed by atoms with Crippen LogP contribution in [0.4, 0.5) is 0 Å². The quantitative estimate of drug-likeness (QED) is 0.451. The molecule has 1 saturated heterocycles. The summed E-state index contributed by atoms with van der Waals surface area (Å²) in [4.78, 5) is 21.3. The fourth-order valence-corrected chi connectivity index (χ4v) is 1.47. The predicted molar refractivity (Wildman–Crippen MR) is 42.1 cm³/mol. The first kappa shape index (κ1) is 8.96. The lowest BCUT2D eigenvalue weighted by atomic mass is 10.1. The van der Waals surface area contributed by atoms with Crippen LogP contribution in [0.5, 0.6) is 0 Å². The second-order valence-corrected chi connectivity index (χ2v) is 3.08. The molecule has 0 N–H and O–H groups in total. The predicted octanol–water partition coefficient (Wildman–Crippen LogP) is 0.551. The van der Waals surface area contributed by atoms with Crippen molar-refractivity contribution in [3.8, 4) is 0 Å². The van der Waals surface area contributed by atoms with E-state index < -0.39 is 6.04 Å². The third-order valence-electron chi connectivity index (χ3n) is 2.06. The van der Waals surface area contributed by atoms with Crippen molar-refractivity contribution in [2.24, 2.45) is 11.2 Å². The molecule has 1 aliphatic heterocycles. The molecule has 1 fully saturated rings. The number of carbonyl (C=O) groups excluding carboxylic acids is 1. The van der Waals surface area contributed by atoms with E-state index in [1.54, 1.807) is 0 Å². The molecule has 5 nitrogen and oxygen atoms in total. The molecule has 0 aromatic carbocycles. The van der Waals surface area contributed by atoms with Crippen LogP contribution in [0.2, 0.25) is 0 Å². The third kappa shape index (κ3) is 1.54. The Morgan fingerprint density at radius 2 is 2.33 bits per heavy atom. The molecule has 0 aromatic heterocycles. The molecule has 0 bridgehead atoms. The SMILES string of the molecule is COC(=O)[C@@H]1C[C@@H](C)CN1N=O. The lowest BCUT2D eigenvalue weighted by Crippen LogP contribution is -2.32. The highest BCUT2D eigenvalue weighted by Crippen LogP contribution is 2.23. The molecule has 0 saturated carbocycles. The van der Waals surface area contributed by atoms with Crippen LogP contribution in [0, 0.1) is 10.8 Å². The summed E-state index contributed by atoms with van der Waals surface area (Å²) in [6.07, 6.45) is 0.651. The molecule has 0 unspecified atom stereocenters. The van der Waals surface area contributed by atoms with Crippen LogP contribution in [0.15, 0.2) is 5.29 Å². The molecule has 12 heavy (non-hydrogen) atoms. The molecule has 2 atom stereocenters. The highest BCUT2D eigenvalue weighted by atomic mass is 16.5. The fraction of sp³-hybridized carbons (Fsp3) is 0.857. The summed E-state index contributed by atoms with van der Waals surface area (Å²) in [6.45, 7) is 2.52. The number of nitrogens with zero attached hydrogens (tertiary/aromatic N) is 2. The smallest absolute Gasteiger partial charge is 0.330 e. The van der Waals surface area contributed by atoms with Crippen molar-refractivity contribution < 1.29 is 9.53 Å². The summed E-state index contributed by atoms with van der Waals surface area (Å²) in [5.74, 6) is -0.0502. The molecule has 0 amide bonds. The average molecular weight is 172 g/mol. The topological polar surface area (TPSA) is 59.0 Å². The molecule has 0 radical (unpaired) electrons. The van der Waals surface area contributed by atoms with Gasteiger partial charge in [-0.05, 0) is 12.3 Å². The summed E-state index contributed by atoms with van der Waals surface area (Å²) in [6, 6.07) is -0.470. The summed E-state index contributed by atoms with van der Waals surface area (Å²) in [7, 11) is 1.31. The largest absolute Gasteiger partial charge is 0.467 e. The second-order valence-electron chi connectivity index (χ2n) is 3.08. The third-order valence-corrected chi connectivity index (χ3v) is 2.06. The number of carbonyl (C=O) groups is 1. The van der Waals surface area contributed by atoms with Crippen molar-refractivity contribution in [1.82, 2.24) is 5.01 Å². The zero-order valence-electron chi connectivity index (χ0n) is 7.19. The first-order valence-corrected chi connectivity index (χ1v) is 3.86. The molecular weight excluding hydrogens is 160 g/mol. The van der Waals surface area contributed by atoms with Gasteiger partial charge < -0.3 is 4.74 Å². The maximum atomic E-state index is 11.1. The van der Waals surface area contributed by atoms with Crippen molar-refractivity contribution in [3.05, 3.63) is 4.91 Å². The number of methoxy groups -OCH3 is 1. The zero-order valence-corrected chi connectivity index (χ0v) is 7.19. The van der Waals surface area contributed by atoms with Gasteiger partial charge in [-0.1, -0.05) is 6.92 Å². The van der Waals surface area contributed by atoms with Gasteiger partial charge in [0.1, 0.15) is 6.04 Å². The van der Waals surface area contributed by atoms with E-state index in [9.17, 15) is 9.70 Å². The lowest BCUT2D eigenvalue weighted by molar-refractivity contribution is -0.145. The van der Waals surface area contributed by atoms with Crippen molar-refractivity contribution >= 4 is 5.97 Å². The van der Waals surface area contributed by atoms with Crippen molar-refractivity contribution in [2.75, 3.05) is 13.7 Å². The van der Waals surface area contributed by atoms with E-state index in [2.05, 4.69) is 10.0 Å². The molecule has 0 aromatic rings. The standard InChI is InChI=1S/C7H12N2O3/c1-5-3-6(7(10)12-2)9(4-5)8-11/h5-6H,3-4H2,1-2H3/t5-,6+/m1/s1. The first-order valence-electron chi connectivity index (χ1n) is 3.86. The Bertz CT molecular complexity index is 195. The van der Waals surface area contributed by atoms with Gasteiger partial charge in [-0.3, -0.25) is 0 Å². The minimum atomic E-state index is -0.470. The zero-order chi connectivity index (χ0) is 9.14. The van der Waals surface area contributed by atoms with Gasteiger partial charge in [0.15, 0.2) is 0 Å². The van der Waals surface area contributed by atoms with Crippen LogP contribution in [-0.2, 0) is 9.53 Å². The Hall–Kier alpha value is -1.13. The van der Waals surface area contributed by atoms with Gasteiger partial charge in [-0.2, -0.15) is 0 Å². The van der Waals surface area contributed by atoms with E-state index in [0.717, 1.165) is 0 Å². The van der Waals surface area contributed by atoms with Crippen LogP contribution < -0.4 is 0 Å². The number of esters is 1. The van der Waals surface area contributed by atoms with Crippen LogP contribution in [-0.4, -0.2) is 30.7 Å². The van der Waals surface area contributed by atoms with Gasteiger partial charge in [0.25, 0.3) is 0 Å². The number of nitroso groups, excluding NO2 is 1. The van der Waals surface area contributed by atoms with E-state index in [4.69, 9.17) is 0 Å². The summed E-state index contributed by atoms with van der Waals surface area (Å²) in [5, 5.41) is 4.02. The molecule has 1 rings (SSSR count). The molecule has 0 spiro atoms. The number of hydrogen-bond acceptors (Lipinski definition) is 4. The molecule has 0 aliphatic carbocycles. The molecule has 68 valence electrons. The average Bonchev–Trinajstić information content (AvgIpc) is 2.45. The van der Waals surface area contributed by atoms with Crippen molar-refractivity contribution in [3.63, 3.8) is 0 Å². The second kappa shape index (κ2) is 3.51. The Morgan fingerprint density at radius 1 is 1.67 bits per heavy atom. The molecule has 5 heteroatoms. The highest BCUT2D eigenvalue weighted by molar-refractivity contribution is 5.75. The van der Waals surface area contributed by atoms with Gasteiger partial charge in [-0.25, -0.2) is 9.80 Å². The van der Waals surface area contributed by atoms with Crippen molar-refractivity contribution in [1.29, 1.82) is 0 Å². The highest BCUT2D eigenvalue weighted by Gasteiger charge is 2.35. The summed E-state index contributed by atoms with van der Waals surface area (Å²) in [5.41, 5.74) is 0. The molecular formula is C7H12N2O3. The van der Waals surface area contributed by atoms with Gasteiger partial charge in [0.2, 0.25) is 0 Å². The Morgan fingerprint density at radius 3 is 2.83 bits per heavy atom. The maximum absolute atomic E-state index is 11.1. The summed E-state index contributed by atoms with van der Waals surface area (Å²) >= 11 is 0. The van der Waals surface area contributed by atoms with Crippen molar-refractivity contribution in [2.45, 2.75) is 19.4 Å². The van der Waals surface area contributed by atoms with Gasteiger partial charge in [0.05, 0.1) is 12.4 Å². The normalized spacial score (nSPS) is 28.7. The van der Waals surface area contributed by atoms with Crippen LogP contribution >= 0.6 is 0 Å². The van der Waals surface area contributed by atoms with Gasteiger partial charge in [0, 0.05) is 6.54 Å². The van der Waals surface area contributed by atoms with Gasteiger partial charge in [-0.15, -0.1) is 4.91 Å². The molecule has 1 heterocycles. The number of rotatable bonds is 2. The van der Waals surface area contributed by atoms with Crippen LogP contribution in [0.1, 0.15) is 13.3 Å². The monoisotopic (exact) mass is 172 g/mol. The fourth-order valence-electron chi connectivity index (χ4n) is 1.47. The van der Waals surface area contributed by atoms with E-state index in [0.29, 0.717) is 18.9 Å². The number of hydrogen-bond donors (Lipinski definition) is 0. The van der Waals surface area contributed by atoms with E-state index in [1.165, 1.54) is 12.1 Å². The maximum Gasteiger partial charge on any atom is 0.330 e. The Labute approximate surface area is 70.6 Å². The summed E-state index contributed by atoms with van der Waals surface area (Å²) < 4.78 is 4.54. The van der Waals surface area contributed by atoms with E-state index in [-0.39, 0.29) is 5.97 Å². The first-order chi connectivity index (χ1) is 5.69. The van der Waals surface area contributed by atoms with E-state index in [1.807, 2.05) is 6.92 Å². The van der Waals surface area contributed by atoms with Crippen LogP contribution in [0.25, 0.3) is 0 Å². The Balaban J connectivity index is 2.63.